The van der Waals surface area contributed by atoms with Crippen LogP contribution in [0.15, 0.2) is 18.3 Å². The molecule has 0 spiro atoms. The second-order valence-electron chi connectivity index (χ2n) is 3.89. The molecule has 1 atom stereocenters. The van der Waals surface area contributed by atoms with Crippen LogP contribution in [0.2, 0.25) is 0 Å². The number of aliphatic hydroxyl groups excluding tert-OH is 1. The number of anilines is 1. The van der Waals surface area contributed by atoms with Gasteiger partial charge in [0, 0.05) is 25.7 Å². The zero-order valence-corrected chi connectivity index (χ0v) is 10.1. The molecule has 0 radical (unpaired) electrons. The lowest BCUT2D eigenvalue weighted by Crippen LogP contribution is -2.24. The van der Waals surface area contributed by atoms with E-state index in [0.717, 1.165) is 30.9 Å². The molecule has 0 aromatic carbocycles. The van der Waals surface area contributed by atoms with Crippen molar-refractivity contribution in [2.45, 2.75) is 26.3 Å². The first-order valence-electron chi connectivity index (χ1n) is 5.76. The largest absolute Gasteiger partial charge is 0.396 e. The minimum Gasteiger partial charge on any atom is -0.396 e. The number of aliphatic hydroxyl groups is 1. The molecule has 0 saturated heterocycles. The van der Waals surface area contributed by atoms with Crippen LogP contribution in [-0.2, 0) is 0 Å². The lowest BCUT2D eigenvalue weighted by atomic mass is 10.2. The summed E-state index contributed by atoms with van der Waals surface area (Å²) in [4.78, 5) is 6.51. The molecule has 0 bridgehead atoms. The van der Waals surface area contributed by atoms with Gasteiger partial charge in [-0.1, -0.05) is 0 Å². The SMILES string of the molecule is CCN(CCCO)c1ccc([C@H](C)N)nc1. The van der Waals surface area contributed by atoms with Crippen LogP contribution in [0.3, 0.4) is 0 Å². The van der Waals surface area contributed by atoms with Crippen molar-refractivity contribution in [1.29, 1.82) is 0 Å². The second-order valence-corrected chi connectivity index (χ2v) is 3.89. The van der Waals surface area contributed by atoms with E-state index in [1.165, 1.54) is 0 Å². The van der Waals surface area contributed by atoms with E-state index < -0.39 is 0 Å². The molecule has 0 unspecified atom stereocenters. The fourth-order valence-corrected chi connectivity index (χ4v) is 1.59. The Balaban J connectivity index is 2.70. The van der Waals surface area contributed by atoms with Gasteiger partial charge in [-0.15, -0.1) is 0 Å². The average Bonchev–Trinajstić information content (AvgIpc) is 2.30. The second kappa shape index (κ2) is 6.45. The van der Waals surface area contributed by atoms with E-state index in [4.69, 9.17) is 10.8 Å². The highest BCUT2D eigenvalue weighted by molar-refractivity contribution is 5.44. The highest BCUT2D eigenvalue weighted by Gasteiger charge is 2.05. The number of hydrogen-bond donors (Lipinski definition) is 2. The molecule has 4 nitrogen and oxygen atoms in total. The molecule has 0 aliphatic rings. The van der Waals surface area contributed by atoms with Crippen LogP contribution in [0.25, 0.3) is 0 Å². The van der Waals surface area contributed by atoms with Gasteiger partial charge in [-0.25, -0.2) is 0 Å². The van der Waals surface area contributed by atoms with Gasteiger partial charge in [-0.2, -0.15) is 0 Å². The number of aromatic nitrogens is 1. The van der Waals surface area contributed by atoms with Crippen LogP contribution >= 0.6 is 0 Å². The van der Waals surface area contributed by atoms with Crippen LogP contribution in [0.1, 0.15) is 32.0 Å². The lowest BCUT2D eigenvalue weighted by molar-refractivity contribution is 0.289. The first-order valence-corrected chi connectivity index (χ1v) is 5.76. The van der Waals surface area contributed by atoms with Crippen molar-refractivity contribution < 1.29 is 5.11 Å². The first-order chi connectivity index (χ1) is 7.69. The maximum absolute atomic E-state index is 8.82. The number of nitrogens with two attached hydrogens (primary N) is 1. The lowest BCUT2D eigenvalue weighted by Gasteiger charge is -2.22. The molecule has 1 aromatic heterocycles. The Morgan fingerprint density at radius 3 is 2.69 bits per heavy atom. The van der Waals surface area contributed by atoms with Gasteiger partial charge in [-0.3, -0.25) is 4.98 Å². The van der Waals surface area contributed by atoms with Crippen molar-refractivity contribution in [1.82, 2.24) is 4.98 Å². The molecule has 90 valence electrons. The van der Waals surface area contributed by atoms with E-state index in [1.54, 1.807) is 0 Å². The first kappa shape index (κ1) is 12.9. The van der Waals surface area contributed by atoms with E-state index in [0.29, 0.717) is 0 Å². The van der Waals surface area contributed by atoms with Gasteiger partial charge >= 0.3 is 0 Å². The molecular weight excluding hydrogens is 202 g/mol. The third-order valence-corrected chi connectivity index (χ3v) is 2.57. The molecule has 3 N–H and O–H groups in total. The van der Waals surface area contributed by atoms with Gasteiger partial charge in [0.1, 0.15) is 0 Å². The van der Waals surface area contributed by atoms with Gasteiger partial charge in [-0.05, 0) is 32.4 Å². The molecule has 1 aromatic rings. The molecule has 0 amide bonds. The van der Waals surface area contributed by atoms with Gasteiger partial charge in [0.2, 0.25) is 0 Å². The minimum absolute atomic E-state index is 0.0263. The third-order valence-electron chi connectivity index (χ3n) is 2.57. The summed E-state index contributed by atoms with van der Waals surface area (Å²) < 4.78 is 0. The van der Waals surface area contributed by atoms with Crippen LogP contribution in [0.5, 0.6) is 0 Å². The third kappa shape index (κ3) is 3.47. The van der Waals surface area contributed by atoms with Crippen molar-refractivity contribution in [2.75, 3.05) is 24.6 Å². The van der Waals surface area contributed by atoms with Crippen LogP contribution in [0.4, 0.5) is 5.69 Å². The summed E-state index contributed by atoms with van der Waals surface area (Å²) in [6.07, 6.45) is 2.63. The Kier molecular flexibility index (Phi) is 5.22. The van der Waals surface area contributed by atoms with E-state index in [2.05, 4.69) is 16.8 Å². The fourth-order valence-electron chi connectivity index (χ4n) is 1.59. The normalized spacial score (nSPS) is 12.5. The van der Waals surface area contributed by atoms with Gasteiger partial charge in [0.05, 0.1) is 17.6 Å². The number of hydrogen-bond acceptors (Lipinski definition) is 4. The number of nitrogens with zero attached hydrogens (tertiary/aromatic N) is 2. The molecule has 0 aliphatic heterocycles. The Bertz CT molecular complexity index is 298. The zero-order chi connectivity index (χ0) is 12.0. The van der Waals surface area contributed by atoms with E-state index in [-0.39, 0.29) is 12.6 Å². The standard InChI is InChI=1S/C12H21N3O/c1-3-15(7-4-8-16)11-5-6-12(10(2)13)14-9-11/h5-6,9-10,16H,3-4,7-8,13H2,1-2H3/t10-/m0/s1. The van der Waals surface area contributed by atoms with Crippen molar-refractivity contribution in [3.63, 3.8) is 0 Å². The van der Waals surface area contributed by atoms with Crippen molar-refractivity contribution in [2.24, 2.45) is 5.73 Å². The van der Waals surface area contributed by atoms with Gasteiger partial charge in [0.25, 0.3) is 0 Å². The predicted octanol–water partition coefficient (Wildman–Crippen LogP) is 1.31. The highest BCUT2D eigenvalue weighted by atomic mass is 16.3. The van der Waals surface area contributed by atoms with E-state index in [9.17, 15) is 0 Å². The topological polar surface area (TPSA) is 62.4 Å². The Morgan fingerprint density at radius 2 is 2.25 bits per heavy atom. The van der Waals surface area contributed by atoms with Crippen LogP contribution in [0, 0.1) is 0 Å². The van der Waals surface area contributed by atoms with E-state index >= 15 is 0 Å². The average molecular weight is 223 g/mol. The van der Waals surface area contributed by atoms with E-state index in [1.807, 2.05) is 25.3 Å². The highest BCUT2D eigenvalue weighted by Crippen LogP contribution is 2.15. The molecule has 16 heavy (non-hydrogen) atoms. The van der Waals surface area contributed by atoms with Gasteiger partial charge < -0.3 is 15.7 Å². The molecular formula is C12H21N3O. The predicted molar refractivity (Wildman–Crippen MR) is 66.4 cm³/mol. The van der Waals surface area contributed by atoms with Crippen molar-refractivity contribution in [3.05, 3.63) is 24.0 Å². The monoisotopic (exact) mass is 223 g/mol. The quantitative estimate of drug-likeness (QED) is 0.763. The van der Waals surface area contributed by atoms with Crippen molar-refractivity contribution in [3.8, 4) is 0 Å². The molecule has 0 fully saturated rings. The summed E-state index contributed by atoms with van der Waals surface area (Å²) in [5, 5.41) is 8.82. The maximum atomic E-state index is 8.82. The number of rotatable bonds is 6. The summed E-state index contributed by atoms with van der Waals surface area (Å²) in [7, 11) is 0. The van der Waals surface area contributed by atoms with Crippen LogP contribution < -0.4 is 10.6 Å². The summed E-state index contributed by atoms with van der Waals surface area (Å²) in [5.41, 5.74) is 7.73. The Labute approximate surface area is 97.1 Å². The smallest absolute Gasteiger partial charge is 0.0569 e. The fraction of sp³-hybridized carbons (Fsp3) is 0.583. The molecule has 1 rings (SSSR count). The van der Waals surface area contributed by atoms with Crippen molar-refractivity contribution >= 4 is 5.69 Å². The molecule has 4 heteroatoms. The van der Waals surface area contributed by atoms with Crippen LogP contribution in [-0.4, -0.2) is 29.8 Å². The Hall–Kier alpha value is -1.13. The Morgan fingerprint density at radius 1 is 1.50 bits per heavy atom. The summed E-state index contributed by atoms with van der Waals surface area (Å²) in [5.74, 6) is 0. The summed E-state index contributed by atoms with van der Waals surface area (Å²) >= 11 is 0. The maximum Gasteiger partial charge on any atom is 0.0569 e. The number of pyridine rings is 1. The van der Waals surface area contributed by atoms with Gasteiger partial charge in [0.15, 0.2) is 0 Å². The molecule has 0 aliphatic carbocycles. The molecule has 0 saturated carbocycles. The minimum atomic E-state index is -0.0263. The zero-order valence-electron chi connectivity index (χ0n) is 10.1. The summed E-state index contributed by atoms with van der Waals surface area (Å²) in [6, 6.07) is 3.97. The molecule has 1 heterocycles. The summed E-state index contributed by atoms with van der Waals surface area (Å²) in [6.45, 7) is 6.01.